The van der Waals surface area contributed by atoms with Crippen LogP contribution >= 0.6 is 11.6 Å². The molecule has 0 aromatic heterocycles. The van der Waals surface area contributed by atoms with Gasteiger partial charge in [0.15, 0.2) is 0 Å². The second-order valence-corrected chi connectivity index (χ2v) is 6.67. The first-order valence-electron chi connectivity index (χ1n) is 6.76. The fourth-order valence-corrected chi connectivity index (χ4v) is 2.26. The fourth-order valence-electron chi connectivity index (χ4n) is 2.09. The maximum Gasteiger partial charge on any atom is 0.299 e. The number of fused-ring (bicyclic) bond motifs is 1. The Labute approximate surface area is 129 Å². The molecule has 21 heavy (non-hydrogen) atoms. The molecular formula is C16H19ClN2O2. The van der Waals surface area contributed by atoms with Gasteiger partial charge >= 0.3 is 0 Å². The Balaban J connectivity index is 2.14. The van der Waals surface area contributed by atoms with Gasteiger partial charge in [-0.2, -0.15) is 0 Å². The van der Waals surface area contributed by atoms with Crippen LogP contribution in [0.4, 0.5) is 5.69 Å². The molecule has 0 aliphatic carbocycles. The molecule has 4 nitrogen and oxygen atoms in total. The summed E-state index contributed by atoms with van der Waals surface area (Å²) in [7, 11) is 0. The highest BCUT2D eigenvalue weighted by Gasteiger charge is 2.35. The summed E-state index contributed by atoms with van der Waals surface area (Å²) in [6, 6.07) is 4.85. The van der Waals surface area contributed by atoms with Gasteiger partial charge in [-0.05, 0) is 44.5 Å². The van der Waals surface area contributed by atoms with E-state index in [0.29, 0.717) is 29.4 Å². The Morgan fingerprint density at radius 1 is 1.33 bits per heavy atom. The minimum atomic E-state index is -0.524. The molecule has 1 heterocycles. The van der Waals surface area contributed by atoms with Crippen molar-refractivity contribution in [2.24, 2.45) is 0 Å². The molecule has 0 saturated carbocycles. The van der Waals surface area contributed by atoms with E-state index < -0.39 is 11.7 Å². The molecule has 0 bridgehead atoms. The second kappa shape index (κ2) is 5.62. The van der Waals surface area contributed by atoms with E-state index in [9.17, 15) is 9.59 Å². The number of carbonyl (C=O) groups is 2. The van der Waals surface area contributed by atoms with E-state index in [0.717, 1.165) is 5.57 Å². The lowest BCUT2D eigenvalue weighted by Crippen LogP contribution is -2.39. The molecule has 112 valence electrons. The third-order valence-electron chi connectivity index (χ3n) is 3.19. The van der Waals surface area contributed by atoms with Crippen molar-refractivity contribution >= 4 is 29.0 Å². The molecule has 0 spiro atoms. The van der Waals surface area contributed by atoms with Crippen LogP contribution in [0.25, 0.3) is 0 Å². The van der Waals surface area contributed by atoms with Gasteiger partial charge in [0.1, 0.15) is 0 Å². The predicted octanol–water partition coefficient (Wildman–Crippen LogP) is 2.81. The van der Waals surface area contributed by atoms with Gasteiger partial charge in [0.25, 0.3) is 11.7 Å². The van der Waals surface area contributed by atoms with Gasteiger partial charge in [0.2, 0.25) is 0 Å². The van der Waals surface area contributed by atoms with Crippen molar-refractivity contribution < 1.29 is 9.59 Å². The summed E-state index contributed by atoms with van der Waals surface area (Å²) in [6.45, 7) is 11.0. The van der Waals surface area contributed by atoms with Crippen LogP contribution in [-0.2, 0) is 4.79 Å². The number of ketones is 1. The number of halogens is 1. The minimum Gasteiger partial charge on any atom is -0.308 e. The zero-order valence-corrected chi connectivity index (χ0v) is 13.3. The average Bonchev–Trinajstić information content (AvgIpc) is 2.60. The molecule has 0 atom stereocenters. The van der Waals surface area contributed by atoms with Crippen molar-refractivity contribution in [2.45, 2.75) is 26.3 Å². The highest BCUT2D eigenvalue weighted by atomic mass is 35.5. The fraction of sp³-hybridized carbons (Fsp3) is 0.375. The van der Waals surface area contributed by atoms with Gasteiger partial charge in [-0.3, -0.25) is 9.59 Å². The van der Waals surface area contributed by atoms with Crippen LogP contribution in [0, 0.1) is 0 Å². The zero-order valence-electron chi connectivity index (χ0n) is 12.5. The van der Waals surface area contributed by atoms with Crippen molar-refractivity contribution in [1.82, 2.24) is 5.32 Å². The topological polar surface area (TPSA) is 49.4 Å². The molecular weight excluding hydrogens is 288 g/mol. The number of nitrogens with one attached hydrogen (secondary N) is 1. The Morgan fingerprint density at radius 2 is 2.00 bits per heavy atom. The highest BCUT2D eigenvalue weighted by Crippen LogP contribution is 2.31. The Morgan fingerprint density at radius 3 is 2.62 bits per heavy atom. The lowest BCUT2D eigenvalue weighted by molar-refractivity contribution is -0.114. The third kappa shape index (κ3) is 3.52. The van der Waals surface area contributed by atoms with Crippen molar-refractivity contribution in [3.63, 3.8) is 0 Å². The summed E-state index contributed by atoms with van der Waals surface area (Å²) in [5.74, 6) is -1.01. The second-order valence-electron chi connectivity index (χ2n) is 6.24. The quantitative estimate of drug-likeness (QED) is 0.687. The molecule has 0 saturated heterocycles. The van der Waals surface area contributed by atoms with Gasteiger partial charge in [0.05, 0.1) is 11.3 Å². The first-order valence-corrected chi connectivity index (χ1v) is 7.14. The summed E-state index contributed by atoms with van der Waals surface area (Å²) in [6.07, 6.45) is 0. The largest absolute Gasteiger partial charge is 0.308 e. The molecule has 1 amide bonds. The number of rotatable bonds is 4. The first kappa shape index (κ1) is 15.7. The van der Waals surface area contributed by atoms with Gasteiger partial charge in [0, 0.05) is 23.7 Å². The molecule has 1 N–H and O–H groups in total. The van der Waals surface area contributed by atoms with Crippen molar-refractivity contribution in [3.05, 3.63) is 40.9 Å². The maximum absolute atomic E-state index is 12.1. The van der Waals surface area contributed by atoms with Crippen LogP contribution in [-0.4, -0.2) is 30.3 Å². The van der Waals surface area contributed by atoms with Gasteiger partial charge in [-0.15, -0.1) is 0 Å². The minimum absolute atomic E-state index is 0.0327. The van der Waals surface area contributed by atoms with E-state index in [1.54, 1.807) is 18.2 Å². The van der Waals surface area contributed by atoms with Crippen LogP contribution in [0.5, 0.6) is 0 Å². The van der Waals surface area contributed by atoms with E-state index in [2.05, 4.69) is 32.7 Å². The predicted molar refractivity (Wildman–Crippen MR) is 85.0 cm³/mol. The smallest absolute Gasteiger partial charge is 0.299 e. The molecule has 0 fully saturated rings. The van der Waals surface area contributed by atoms with Crippen LogP contribution in [0.15, 0.2) is 30.4 Å². The van der Waals surface area contributed by atoms with Crippen LogP contribution in [0.3, 0.4) is 0 Å². The number of hydrogen-bond acceptors (Lipinski definition) is 3. The maximum atomic E-state index is 12.1. The molecule has 0 unspecified atom stereocenters. The van der Waals surface area contributed by atoms with Crippen molar-refractivity contribution in [1.29, 1.82) is 0 Å². The molecule has 1 aliphatic rings. The van der Waals surface area contributed by atoms with Crippen LogP contribution in [0.2, 0.25) is 5.02 Å². The molecule has 1 aromatic rings. The van der Waals surface area contributed by atoms with E-state index in [1.165, 1.54) is 4.90 Å². The summed E-state index contributed by atoms with van der Waals surface area (Å²) < 4.78 is 0. The highest BCUT2D eigenvalue weighted by molar-refractivity contribution is 6.52. The Kier molecular flexibility index (Phi) is 4.21. The van der Waals surface area contributed by atoms with E-state index in [4.69, 9.17) is 11.6 Å². The number of anilines is 1. The van der Waals surface area contributed by atoms with E-state index in [-0.39, 0.29) is 5.54 Å². The summed E-state index contributed by atoms with van der Waals surface area (Å²) >= 11 is 5.96. The molecule has 0 radical (unpaired) electrons. The number of hydrogen-bond donors (Lipinski definition) is 1. The van der Waals surface area contributed by atoms with Gasteiger partial charge in [-0.25, -0.2) is 0 Å². The van der Waals surface area contributed by atoms with Crippen LogP contribution < -0.4 is 10.2 Å². The van der Waals surface area contributed by atoms with Crippen molar-refractivity contribution in [2.75, 3.05) is 18.0 Å². The van der Waals surface area contributed by atoms with E-state index in [1.807, 2.05) is 0 Å². The monoisotopic (exact) mass is 306 g/mol. The SMILES string of the molecule is C=C(CNC(C)(C)C)CN1C(=O)C(=O)c2ccc(Cl)cc21. The molecule has 1 aliphatic heterocycles. The lowest BCUT2D eigenvalue weighted by atomic mass is 10.1. The normalized spacial score (nSPS) is 14.6. The number of Topliss-reactive ketones (excluding diaryl/α,β-unsaturated/α-hetero) is 1. The molecule has 5 heteroatoms. The number of nitrogens with zero attached hydrogens (tertiary/aromatic N) is 1. The first-order chi connectivity index (χ1) is 9.69. The molecule has 2 rings (SSSR count). The average molecular weight is 307 g/mol. The van der Waals surface area contributed by atoms with E-state index >= 15 is 0 Å². The number of benzene rings is 1. The Hall–Kier alpha value is -1.65. The third-order valence-corrected chi connectivity index (χ3v) is 3.42. The standard InChI is InChI=1S/C16H19ClN2O2/c1-10(8-18-16(2,3)4)9-19-13-7-11(17)5-6-12(13)14(20)15(19)21/h5-7,18H,1,8-9H2,2-4H3. The molecule has 1 aromatic carbocycles. The van der Waals surface area contributed by atoms with Gasteiger partial charge < -0.3 is 10.2 Å². The Bertz CT molecular complexity index is 617. The number of carbonyl (C=O) groups excluding carboxylic acids is 2. The van der Waals surface area contributed by atoms with Gasteiger partial charge in [-0.1, -0.05) is 18.2 Å². The van der Waals surface area contributed by atoms with Crippen LogP contribution in [0.1, 0.15) is 31.1 Å². The number of amides is 1. The summed E-state index contributed by atoms with van der Waals surface area (Å²) in [4.78, 5) is 25.5. The summed E-state index contributed by atoms with van der Waals surface area (Å²) in [5, 5.41) is 3.81. The van der Waals surface area contributed by atoms with Crippen molar-refractivity contribution in [3.8, 4) is 0 Å². The zero-order chi connectivity index (χ0) is 15.8. The summed E-state index contributed by atoms with van der Waals surface area (Å²) in [5.41, 5.74) is 1.77. The lowest BCUT2D eigenvalue weighted by Gasteiger charge is -2.23.